The molecule has 1 fully saturated rings. The Balaban J connectivity index is 2.11. The third kappa shape index (κ3) is 3.78. The van der Waals surface area contributed by atoms with Gasteiger partial charge in [0.15, 0.2) is 0 Å². The van der Waals surface area contributed by atoms with Gasteiger partial charge in [0, 0.05) is 12.0 Å². The van der Waals surface area contributed by atoms with Crippen molar-refractivity contribution in [3.63, 3.8) is 0 Å². The number of ether oxygens (including phenoxy) is 1. The number of aliphatic hydroxyl groups is 1. The summed E-state index contributed by atoms with van der Waals surface area (Å²) in [5.74, 6) is 1.23. The first-order valence-corrected chi connectivity index (χ1v) is 8.21. The van der Waals surface area contributed by atoms with E-state index in [2.05, 4.69) is 31.3 Å². The van der Waals surface area contributed by atoms with Crippen molar-refractivity contribution in [1.29, 1.82) is 0 Å². The van der Waals surface area contributed by atoms with Gasteiger partial charge in [-0.3, -0.25) is 0 Å². The fourth-order valence-corrected chi connectivity index (χ4v) is 3.60. The van der Waals surface area contributed by atoms with Crippen molar-refractivity contribution in [1.82, 2.24) is 5.32 Å². The van der Waals surface area contributed by atoms with Crippen molar-refractivity contribution in [3.8, 4) is 5.75 Å². The fraction of sp³-hybridized carbons (Fsp3) is 0.667. The van der Waals surface area contributed by atoms with E-state index in [1.165, 1.54) is 5.56 Å². The molecule has 21 heavy (non-hydrogen) atoms. The van der Waals surface area contributed by atoms with Gasteiger partial charge in [-0.05, 0) is 56.3 Å². The molecular formula is C18H29NO2. The summed E-state index contributed by atoms with van der Waals surface area (Å²) in [5.41, 5.74) is 0.764. The quantitative estimate of drug-likeness (QED) is 0.846. The molecule has 3 heteroatoms. The molecule has 1 aliphatic heterocycles. The van der Waals surface area contributed by atoms with Crippen molar-refractivity contribution in [2.75, 3.05) is 13.7 Å². The van der Waals surface area contributed by atoms with Crippen LogP contribution in [0.1, 0.15) is 45.1 Å². The van der Waals surface area contributed by atoms with Crippen LogP contribution in [0.3, 0.4) is 0 Å². The van der Waals surface area contributed by atoms with Crippen molar-refractivity contribution in [2.45, 2.75) is 57.6 Å². The molecule has 0 amide bonds. The van der Waals surface area contributed by atoms with Crippen LogP contribution >= 0.6 is 0 Å². The van der Waals surface area contributed by atoms with Crippen LogP contribution in [0.15, 0.2) is 24.3 Å². The molecule has 0 saturated carbocycles. The monoisotopic (exact) mass is 291 g/mol. The Morgan fingerprint density at radius 3 is 2.48 bits per heavy atom. The molecule has 2 unspecified atom stereocenters. The van der Waals surface area contributed by atoms with Crippen molar-refractivity contribution < 1.29 is 9.84 Å². The highest BCUT2D eigenvalue weighted by Crippen LogP contribution is 2.34. The van der Waals surface area contributed by atoms with Gasteiger partial charge in [0.2, 0.25) is 0 Å². The Hall–Kier alpha value is -1.06. The highest BCUT2D eigenvalue weighted by Gasteiger charge is 2.39. The predicted molar refractivity (Wildman–Crippen MR) is 86.7 cm³/mol. The molecule has 0 bridgehead atoms. The Kier molecular flexibility index (Phi) is 5.65. The van der Waals surface area contributed by atoms with Crippen LogP contribution in [0.2, 0.25) is 0 Å². The minimum absolute atomic E-state index is 0.336. The lowest BCUT2D eigenvalue weighted by Crippen LogP contribution is -2.53. The lowest BCUT2D eigenvalue weighted by Gasteiger charge is -2.43. The molecule has 2 N–H and O–H groups in total. The standard InChI is InChI=1S/C18H29NO2/c1-4-18(20,5-2)16-7-6-12-19-17(16)13-14-8-10-15(21-3)11-9-14/h8-11,16-17,19-20H,4-7,12-13H2,1-3H3. The van der Waals surface area contributed by atoms with E-state index >= 15 is 0 Å². The number of nitrogens with one attached hydrogen (secondary N) is 1. The van der Waals surface area contributed by atoms with E-state index in [4.69, 9.17) is 4.74 Å². The maximum absolute atomic E-state index is 10.9. The Labute approximate surface area is 128 Å². The summed E-state index contributed by atoms with van der Waals surface area (Å²) in [6.45, 7) is 5.26. The highest BCUT2D eigenvalue weighted by molar-refractivity contribution is 5.28. The number of hydrogen-bond donors (Lipinski definition) is 2. The molecule has 118 valence electrons. The summed E-state index contributed by atoms with van der Waals surface area (Å²) in [6, 6.07) is 8.64. The highest BCUT2D eigenvalue weighted by atomic mass is 16.5. The average molecular weight is 291 g/mol. The lowest BCUT2D eigenvalue weighted by molar-refractivity contribution is -0.0509. The van der Waals surface area contributed by atoms with Crippen molar-refractivity contribution in [3.05, 3.63) is 29.8 Å². The summed E-state index contributed by atoms with van der Waals surface area (Å²) in [6.07, 6.45) is 4.90. The average Bonchev–Trinajstić information content (AvgIpc) is 2.55. The molecule has 1 aromatic carbocycles. The van der Waals surface area contributed by atoms with Gasteiger partial charge in [-0.1, -0.05) is 26.0 Å². The van der Waals surface area contributed by atoms with Gasteiger partial charge in [0.25, 0.3) is 0 Å². The second-order valence-electron chi connectivity index (χ2n) is 6.17. The zero-order valence-electron chi connectivity index (χ0n) is 13.6. The largest absolute Gasteiger partial charge is 0.497 e. The second kappa shape index (κ2) is 7.28. The molecule has 3 nitrogen and oxygen atoms in total. The normalized spacial score (nSPS) is 23.0. The van der Waals surface area contributed by atoms with Gasteiger partial charge in [-0.25, -0.2) is 0 Å². The molecule has 2 rings (SSSR count). The minimum atomic E-state index is -0.537. The molecule has 1 aliphatic rings. The van der Waals surface area contributed by atoms with E-state index in [-0.39, 0.29) is 0 Å². The number of methoxy groups -OCH3 is 1. The molecule has 1 aromatic rings. The molecule has 0 radical (unpaired) electrons. The molecule has 0 aliphatic carbocycles. The van der Waals surface area contributed by atoms with E-state index in [1.807, 2.05) is 12.1 Å². The maximum Gasteiger partial charge on any atom is 0.118 e. The molecule has 0 aromatic heterocycles. The first-order chi connectivity index (χ1) is 10.1. The van der Waals surface area contributed by atoms with Gasteiger partial charge in [-0.15, -0.1) is 0 Å². The van der Waals surface area contributed by atoms with Crippen LogP contribution < -0.4 is 10.1 Å². The molecule has 0 spiro atoms. The predicted octanol–water partition coefficient (Wildman–Crippen LogP) is 3.16. The Morgan fingerprint density at radius 1 is 1.24 bits per heavy atom. The minimum Gasteiger partial charge on any atom is -0.497 e. The molecule has 1 heterocycles. The smallest absolute Gasteiger partial charge is 0.118 e. The zero-order chi connectivity index (χ0) is 15.3. The van der Waals surface area contributed by atoms with E-state index in [0.29, 0.717) is 12.0 Å². The lowest BCUT2D eigenvalue weighted by atomic mass is 9.72. The third-order valence-electron chi connectivity index (χ3n) is 5.11. The van der Waals surface area contributed by atoms with E-state index in [9.17, 15) is 5.11 Å². The van der Waals surface area contributed by atoms with Gasteiger partial charge < -0.3 is 15.2 Å². The summed E-state index contributed by atoms with van der Waals surface area (Å²) < 4.78 is 5.21. The first-order valence-electron chi connectivity index (χ1n) is 8.21. The molecular weight excluding hydrogens is 262 g/mol. The summed E-state index contributed by atoms with van der Waals surface area (Å²) in [4.78, 5) is 0. The topological polar surface area (TPSA) is 41.5 Å². The number of hydrogen-bond acceptors (Lipinski definition) is 3. The van der Waals surface area contributed by atoms with Crippen LogP contribution in [0.4, 0.5) is 0 Å². The van der Waals surface area contributed by atoms with Crippen LogP contribution in [0.5, 0.6) is 5.75 Å². The van der Waals surface area contributed by atoms with Gasteiger partial charge in [0.05, 0.1) is 12.7 Å². The van der Waals surface area contributed by atoms with E-state index in [1.54, 1.807) is 7.11 Å². The fourth-order valence-electron chi connectivity index (χ4n) is 3.60. The van der Waals surface area contributed by atoms with E-state index < -0.39 is 5.60 Å². The maximum atomic E-state index is 10.9. The van der Waals surface area contributed by atoms with E-state index in [0.717, 1.165) is 44.4 Å². The first kappa shape index (κ1) is 16.3. The Bertz CT molecular complexity index is 425. The summed E-state index contributed by atoms with van der Waals surface area (Å²) in [5, 5.41) is 14.6. The SMILES string of the molecule is CCC(O)(CC)C1CCCNC1Cc1ccc(OC)cc1. The summed E-state index contributed by atoms with van der Waals surface area (Å²) >= 11 is 0. The number of piperidine rings is 1. The van der Waals surface area contributed by atoms with Crippen molar-refractivity contribution in [2.24, 2.45) is 5.92 Å². The molecule has 1 saturated heterocycles. The van der Waals surface area contributed by atoms with Crippen molar-refractivity contribution >= 4 is 0 Å². The number of benzene rings is 1. The third-order valence-corrected chi connectivity index (χ3v) is 5.11. The zero-order valence-corrected chi connectivity index (χ0v) is 13.6. The summed E-state index contributed by atoms with van der Waals surface area (Å²) in [7, 11) is 1.69. The van der Waals surface area contributed by atoms with Gasteiger partial charge in [0.1, 0.15) is 5.75 Å². The Morgan fingerprint density at radius 2 is 1.90 bits per heavy atom. The van der Waals surface area contributed by atoms with Crippen LogP contribution in [-0.2, 0) is 6.42 Å². The molecule has 2 atom stereocenters. The van der Waals surface area contributed by atoms with Gasteiger partial charge >= 0.3 is 0 Å². The van der Waals surface area contributed by atoms with Crippen LogP contribution in [0.25, 0.3) is 0 Å². The van der Waals surface area contributed by atoms with Gasteiger partial charge in [-0.2, -0.15) is 0 Å². The van der Waals surface area contributed by atoms with Crippen LogP contribution in [-0.4, -0.2) is 30.4 Å². The van der Waals surface area contributed by atoms with Crippen LogP contribution in [0, 0.1) is 5.92 Å². The number of rotatable bonds is 6. The second-order valence-corrected chi connectivity index (χ2v) is 6.17.